The maximum Gasteiger partial charge on any atom is 0.543 e. The standard InChI is InChI=1S/C14H26O7Si/c1-7-13(16)21-14(8-2)22(17-6,18-9-3)19-10-11(4)20-12(5)15/h7,11,14H,1,8-10H2,2-6H3. The molecule has 3 unspecified atom stereocenters. The Morgan fingerprint density at radius 1 is 1.23 bits per heavy atom. The van der Waals surface area contributed by atoms with Crippen LogP contribution in [0.4, 0.5) is 0 Å². The Morgan fingerprint density at radius 3 is 2.27 bits per heavy atom. The first-order valence-electron chi connectivity index (χ1n) is 7.18. The number of esters is 2. The summed E-state index contributed by atoms with van der Waals surface area (Å²) >= 11 is 0. The van der Waals surface area contributed by atoms with E-state index in [0.29, 0.717) is 13.0 Å². The lowest BCUT2D eigenvalue weighted by Crippen LogP contribution is -2.58. The molecular weight excluding hydrogens is 308 g/mol. The van der Waals surface area contributed by atoms with E-state index < -0.39 is 32.6 Å². The Morgan fingerprint density at radius 2 is 1.86 bits per heavy atom. The van der Waals surface area contributed by atoms with Crippen LogP contribution in [0.15, 0.2) is 12.7 Å². The zero-order chi connectivity index (χ0) is 17.2. The molecule has 0 fully saturated rings. The summed E-state index contributed by atoms with van der Waals surface area (Å²) < 4.78 is 27.2. The highest BCUT2D eigenvalue weighted by Crippen LogP contribution is 2.21. The van der Waals surface area contributed by atoms with Crippen molar-refractivity contribution in [1.82, 2.24) is 0 Å². The Balaban J connectivity index is 5.05. The minimum absolute atomic E-state index is 0.0851. The van der Waals surface area contributed by atoms with Crippen molar-refractivity contribution >= 4 is 20.7 Å². The molecule has 0 heterocycles. The highest BCUT2D eigenvalue weighted by atomic mass is 28.4. The summed E-state index contributed by atoms with van der Waals surface area (Å²) in [7, 11) is -1.83. The normalized spacial score (nSPS) is 16.2. The molecule has 0 saturated carbocycles. The monoisotopic (exact) mass is 334 g/mol. The molecule has 0 aromatic carbocycles. The van der Waals surface area contributed by atoms with Gasteiger partial charge in [-0.3, -0.25) is 4.79 Å². The molecule has 0 amide bonds. The van der Waals surface area contributed by atoms with E-state index in [2.05, 4.69) is 6.58 Å². The second-order valence-corrected chi connectivity index (χ2v) is 7.35. The fraction of sp³-hybridized carbons (Fsp3) is 0.714. The quantitative estimate of drug-likeness (QED) is 0.323. The number of carbonyl (C=O) groups excluding carboxylic acids is 2. The van der Waals surface area contributed by atoms with Crippen LogP contribution >= 0.6 is 0 Å². The first-order chi connectivity index (χ1) is 10.3. The number of ether oxygens (including phenoxy) is 2. The van der Waals surface area contributed by atoms with Crippen molar-refractivity contribution in [3.8, 4) is 0 Å². The Kier molecular flexibility index (Phi) is 9.91. The minimum Gasteiger partial charge on any atom is -0.460 e. The average Bonchev–Trinajstić information content (AvgIpc) is 2.48. The molecule has 0 aliphatic heterocycles. The molecule has 3 atom stereocenters. The van der Waals surface area contributed by atoms with Gasteiger partial charge in [0.1, 0.15) is 6.10 Å². The van der Waals surface area contributed by atoms with Gasteiger partial charge >= 0.3 is 20.7 Å². The zero-order valence-electron chi connectivity index (χ0n) is 13.9. The second kappa shape index (κ2) is 10.5. The van der Waals surface area contributed by atoms with E-state index in [1.807, 2.05) is 6.92 Å². The Hall–Kier alpha value is -1.22. The first kappa shape index (κ1) is 20.8. The molecule has 8 heteroatoms. The van der Waals surface area contributed by atoms with Crippen LogP contribution in [0.2, 0.25) is 0 Å². The Bertz CT molecular complexity index is 374. The molecule has 0 aromatic rings. The van der Waals surface area contributed by atoms with Crippen molar-refractivity contribution < 1.29 is 32.3 Å². The lowest BCUT2D eigenvalue weighted by molar-refractivity contribution is -0.148. The topological polar surface area (TPSA) is 80.3 Å². The number of rotatable bonds is 11. The van der Waals surface area contributed by atoms with E-state index in [1.165, 1.54) is 14.0 Å². The van der Waals surface area contributed by atoms with Crippen molar-refractivity contribution in [2.45, 2.75) is 45.9 Å². The first-order valence-corrected chi connectivity index (χ1v) is 8.98. The molecule has 0 aromatic heterocycles. The van der Waals surface area contributed by atoms with Crippen LogP contribution < -0.4 is 0 Å². The summed E-state index contributed by atoms with van der Waals surface area (Å²) in [4.78, 5) is 22.4. The van der Waals surface area contributed by atoms with Crippen molar-refractivity contribution in [2.75, 3.05) is 20.3 Å². The summed E-state index contributed by atoms with van der Waals surface area (Å²) in [6, 6.07) is 0. The molecule has 7 nitrogen and oxygen atoms in total. The van der Waals surface area contributed by atoms with Crippen LogP contribution in [0.5, 0.6) is 0 Å². The van der Waals surface area contributed by atoms with Crippen LogP contribution in [-0.4, -0.2) is 52.9 Å². The maximum atomic E-state index is 11.5. The minimum atomic E-state index is -3.27. The third-order valence-electron chi connectivity index (χ3n) is 2.71. The van der Waals surface area contributed by atoms with E-state index in [0.717, 1.165) is 6.08 Å². The Labute approximate surface area is 132 Å². The van der Waals surface area contributed by atoms with Gasteiger partial charge in [0, 0.05) is 26.7 Å². The van der Waals surface area contributed by atoms with Crippen molar-refractivity contribution in [2.24, 2.45) is 0 Å². The van der Waals surface area contributed by atoms with Crippen LogP contribution in [-0.2, 0) is 32.3 Å². The summed E-state index contributed by atoms with van der Waals surface area (Å²) in [5.74, 6) is -0.973. The summed E-state index contributed by atoms with van der Waals surface area (Å²) in [5.41, 5.74) is -0.660. The summed E-state index contributed by atoms with van der Waals surface area (Å²) in [6.07, 6.45) is 1.07. The largest absolute Gasteiger partial charge is 0.543 e. The van der Waals surface area contributed by atoms with E-state index in [4.69, 9.17) is 22.8 Å². The van der Waals surface area contributed by atoms with E-state index in [9.17, 15) is 9.59 Å². The molecule has 0 spiro atoms. The van der Waals surface area contributed by atoms with E-state index >= 15 is 0 Å². The third-order valence-corrected chi connectivity index (χ3v) is 5.85. The molecule has 0 bridgehead atoms. The van der Waals surface area contributed by atoms with E-state index in [1.54, 1.807) is 13.8 Å². The van der Waals surface area contributed by atoms with Crippen LogP contribution in [0, 0.1) is 0 Å². The zero-order valence-corrected chi connectivity index (χ0v) is 14.9. The average molecular weight is 334 g/mol. The molecule has 0 aliphatic rings. The molecule has 22 heavy (non-hydrogen) atoms. The molecule has 0 rings (SSSR count). The van der Waals surface area contributed by atoms with Gasteiger partial charge < -0.3 is 22.8 Å². The van der Waals surface area contributed by atoms with Gasteiger partial charge in [0.25, 0.3) is 0 Å². The molecule has 128 valence electrons. The van der Waals surface area contributed by atoms with Crippen LogP contribution in [0.3, 0.4) is 0 Å². The van der Waals surface area contributed by atoms with Crippen LogP contribution in [0.1, 0.15) is 34.1 Å². The lowest BCUT2D eigenvalue weighted by Gasteiger charge is -2.33. The molecular formula is C14H26O7Si. The predicted molar refractivity (Wildman–Crippen MR) is 81.9 cm³/mol. The van der Waals surface area contributed by atoms with Gasteiger partial charge in [-0.1, -0.05) is 13.5 Å². The number of hydrogen-bond acceptors (Lipinski definition) is 7. The molecule has 0 aliphatic carbocycles. The third kappa shape index (κ3) is 6.69. The van der Waals surface area contributed by atoms with Crippen molar-refractivity contribution in [3.63, 3.8) is 0 Å². The fourth-order valence-electron chi connectivity index (χ4n) is 1.82. The number of carbonyl (C=O) groups is 2. The second-order valence-electron chi connectivity index (χ2n) is 4.51. The van der Waals surface area contributed by atoms with Crippen molar-refractivity contribution in [1.29, 1.82) is 0 Å². The lowest BCUT2D eigenvalue weighted by atomic mass is 10.4. The van der Waals surface area contributed by atoms with Crippen molar-refractivity contribution in [3.05, 3.63) is 12.7 Å². The van der Waals surface area contributed by atoms with Gasteiger partial charge in [-0.15, -0.1) is 0 Å². The SMILES string of the molecule is C=CC(=O)OC(CC)[Si](OC)(OCC)OCC(C)OC(C)=O. The molecule has 0 radical (unpaired) electrons. The fourth-order valence-corrected chi connectivity index (χ4v) is 4.41. The van der Waals surface area contributed by atoms with Gasteiger partial charge in [0.2, 0.25) is 0 Å². The highest BCUT2D eigenvalue weighted by Gasteiger charge is 2.51. The van der Waals surface area contributed by atoms with Gasteiger partial charge in [-0.2, -0.15) is 0 Å². The summed E-state index contributed by atoms with van der Waals surface area (Å²) in [5, 5.41) is 0. The van der Waals surface area contributed by atoms with Gasteiger partial charge in [-0.05, 0) is 20.3 Å². The highest BCUT2D eigenvalue weighted by molar-refractivity contribution is 6.62. The number of hydrogen-bond donors (Lipinski definition) is 0. The maximum absolute atomic E-state index is 11.5. The van der Waals surface area contributed by atoms with Gasteiger partial charge in [-0.25, -0.2) is 4.79 Å². The van der Waals surface area contributed by atoms with E-state index in [-0.39, 0.29) is 6.61 Å². The predicted octanol–water partition coefficient (Wildman–Crippen LogP) is 1.62. The van der Waals surface area contributed by atoms with Crippen LogP contribution in [0.25, 0.3) is 0 Å². The molecule has 0 saturated heterocycles. The smallest absolute Gasteiger partial charge is 0.460 e. The van der Waals surface area contributed by atoms with Gasteiger partial charge in [0.15, 0.2) is 5.73 Å². The summed E-state index contributed by atoms with van der Waals surface area (Å²) in [6.45, 7) is 10.4. The molecule has 0 N–H and O–H groups in total. The van der Waals surface area contributed by atoms with Gasteiger partial charge in [0.05, 0.1) is 6.61 Å².